The highest BCUT2D eigenvalue weighted by atomic mass is 16.7. The van der Waals surface area contributed by atoms with Gasteiger partial charge in [-0.15, -0.1) is 0 Å². The molecule has 1 atom stereocenters. The van der Waals surface area contributed by atoms with Crippen molar-refractivity contribution in [2.75, 3.05) is 13.3 Å². The second kappa shape index (κ2) is 5.93. The number of ether oxygens (including phenoxy) is 3. The molecular formula is C13H12N2O5. The van der Waals surface area contributed by atoms with E-state index in [1.165, 1.54) is 13.0 Å². The smallest absolute Gasteiger partial charge is 0.326 e. The van der Waals surface area contributed by atoms with Crippen LogP contribution in [0, 0.1) is 11.3 Å². The van der Waals surface area contributed by atoms with Gasteiger partial charge in [0.15, 0.2) is 17.6 Å². The van der Waals surface area contributed by atoms with Crippen molar-refractivity contribution in [3.63, 3.8) is 0 Å². The molecule has 1 heterocycles. The molecule has 1 N–H and O–H groups in total. The summed E-state index contributed by atoms with van der Waals surface area (Å²) in [6, 6.07) is 6.47. The van der Waals surface area contributed by atoms with E-state index in [9.17, 15) is 9.59 Å². The molecule has 0 aromatic heterocycles. The lowest BCUT2D eigenvalue weighted by Gasteiger charge is -2.07. The van der Waals surface area contributed by atoms with Gasteiger partial charge in [-0.2, -0.15) is 5.26 Å². The van der Waals surface area contributed by atoms with Crippen LogP contribution in [-0.4, -0.2) is 31.3 Å². The molecule has 104 valence electrons. The minimum atomic E-state index is -0.843. The van der Waals surface area contributed by atoms with Gasteiger partial charge in [0.05, 0.1) is 0 Å². The van der Waals surface area contributed by atoms with Gasteiger partial charge in [0.1, 0.15) is 12.6 Å². The number of esters is 1. The molecule has 2 rings (SSSR count). The normalized spacial score (nSPS) is 13.2. The van der Waals surface area contributed by atoms with Crippen LogP contribution in [0.4, 0.5) is 0 Å². The van der Waals surface area contributed by atoms with Gasteiger partial charge in [0.2, 0.25) is 6.79 Å². The Bertz CT molecular complexity index is 579. The Morgan fingerprint density at radius 3 is 2.95 bits per heavy atom. The van der Waals surface area contributed by atoms with Crippen LogP contribution in [0.1, 0.15) is 17.3 Å². The monoisotopic (exact) mass is 276 g/mol. The number of benzene rings is 1. The second-order valence-corrected chi connectivity index (χ2v) is 4.01. The molecule has 20 heavy (non-hydrogen) atoms. The van der Waals surface area contributed by atoms with Crippen molar-refractivity contribution in [3.05, 3.63) is 23.8 Å². The highest BCUT2D eigenvalue weighted by Gasteiger charge is 2.17. The largest absolute Gasteiger partial charge is 0.454 e. The summed E-state index contributed by atoms with van der Waals surface area (Å²) in [4.78, 5) is 23.1. The van der Waals surface area contributed by atoms with Crippen molar-refractivity contribution in [3.8, 4) is 17.6 Å². The van der Waals surface area contributed by atoms with Crippen LogP contribution >= 0.6 is 0 Å². The summed E-state index contributed by atoms with van der Waals surface area (Å²) in [5, 5.41) is 10.9. The van der Waals surface area contributed by atoms with E-state index >= 15 is 0 Å². The zero-order valence-electron chi connectivity index (χ0n) is 10.7. The predicted octanol–water partition coefficient (Wildman–Crippen LogP) is 0.600. The zero-order chi connectivity index (χ0) is 14.5. The van der Waals surface area contributed by atoms with Crippen LogP contribution in [0.2, 0.25) is 0 Å². The Morgan fingerprint density at radius 1 is 1.45 bits per heavy atom. The van der Waals surface area contributed by atoms with Crippen LogP contribution in [-0.2, 0) is 9.53 Å². The quantitative estimate of drug-likeness (QED) is 0.809. The lowest BCUT2D eigenvalue weighted by molar-refractivity contribution is -0.144. The fourth-order valence-corrected chi connectivity index (χ4v) is 1.56. The second-order valence-electron chi connectivity index (χ2n) is 4.01. The molecule has 1 aliphatic rings. The van der Waals surface area contributed by atoms with Crippen LogP contribution in [0.15, 0.2) is 18.2 Å². The summed E-state index contributed by atoms with van der Waals surface area (Å²) >= 11 is 0. The maximum absolute atomic E-state index is 11.8. The molecule has 1 amide bonds. The molecule has 1 aromatic rings. The lowest BCUT2D eigenvalue weighted by Crippen LogP contribution is -2.31. The van der Waals surface area contributed by atoms with Crippen molar-refractivity contribution in [1.82, 2.24) is 5.32 Å². The minimum absolute atomic E-state index is 0.124. The predicted molar refractivity (Wildman–Crippen MR) is 66.1 cm³/mol. The third-order valence-corrected chi connectivity index (χ3v) is 2.52. The molecular weight excluding hydrogens is 264 g/mol. The SMILES string of the molecule is C[C@H](C#N)OC(=O)CNC(=O)c1ccc2c(c1)OCO2. The van der Waals surface area contributed by atoms with Gasteiger partial charge in [-0.05, 0) is 25.1 Å². The summed E-state index contributed by atoms with van der Waals surface area (Å²) in [6.45, 7) is 1.26. The van der Waals surface area contributed by atoms with Crippen molar-refractivity contribution < 1.29 is 23.8 Å². The number of nitrogens with one attached hydrogen (secondary N) is 1. The Kier molecular flexibility index (Phi) is 4.05. The first-order chi connectivity index (χ1) is 9.60. The fraction of sp³-hybridized carbons (Fsp3) is 0.308. The number of hydrogen-bond acceptors (Lipinski definition) is 6. The topological polar surface area (TPSA) is 97.7 Å². The van der Waals surface area contributed by atoms with E-state index in [0.29, 0.717) is 17.1 Å². The van der Waals surface area contributed by atoms with E-state index in [1.54, 1.807) is 18.2 Å². The summed E-state index contributed by atoms with van der Waals surface area (Å²) in [6.07, 6.45) is -0.843. The van der Waals surface area contributed by atoms with Crippen LogP contribution in [0.25, 0.3) is 0 Å². The van der Waals surface area contributed by atoms with E-state index in [1.807, 2.05) is 0 Å². The van der Waals surface area contributed by atoms with Gasteiger partial charge in [-0.25, -0.2) is 0 Å². The minimum Gasteiger partial charge on any atom is -0.454 e. The number of hydrogen-bond donors (Lipinski definition) is 1. The van der Waals surface area contributed by atoms with Crippen molar-refractivity contribution >= 4 is 11.9 Å². The zero-order valence-corrected chi connectivity index (χ0v) is 10.7. The molecule has 0 radical (unpaired) electrons. The average molecular weight is 276 g/mol. The third-order valence-electron chi connectivity index (χ3n) is 2.52. The molecule has 0 aliphatic carbocycles. The van der Waals surface area contributed by atoms with Gasteiger partial charge < -0.3 is 19.5 Å². The standard InChI is InChI=1S/C13H12N2O5/c1-8(5-14)20-12(16)6-15-13(17)9-2-3-10-11(4-9)19-7-18-10/h2-4,8H,6-7H2,1H3,(H,15,17)/t8-/m1/s1. The number of rotatable bonds is 4. The number of carbonyl (C=O) groups is 2. The van der Waals surface area contributed by atoms with Gasteiger partial charge in [0.25, 0.3) is 5.91 Å². The van der Waals surface area contributed by atoms with E-state index in [2.05, 4.69) is 5.32 Å². The number of carbonyl (C=O) groups excluding carboxylic acids is 2. The van der Waals surface area contributed by atoms with E-state index < -0.39 is 18.0 Å². The first kappa shape index (κ1) is 13.7. The van der Waals surface area contributed by atoms with Crippen LogP contribution < -0.4 is 14.8 Å². The summed E-state index contributed by atoms with van der Waals surface area (Å²) in [7, 11) is 0. The fourth-order valence-electron chi connectivity index (χ4n) is 1.56. The molecule has 0 saturated heterocycles. The first-order valence-corrected chi connectivity index (χ1v) is 5.87. The molecule has 0 spiro atoms. The lowest BCUT2D eigenvalue weighted by atomic mass is 10.2. The Morgan fingerprint density at radius 2 is 2.20 bits per heavy atom. The highest BCUT2D eigenvalue weighted by molar-refractivity contribution is 5.96. The Hall–Kier alpha value is -2.75. The molecule has 0 unspecified atom stereocenters. The van der Waals surface area contributed by atoms with Gasteiger partial charge in [-0.1, -0.05) is 0 Å². The average Bonchev–Trinajstić information content (AvgIpc) is 2.91. The molecule has 1 aromatic carbocycles. The van der Waals surface area contributed by atoms with Gasteiger partial charge >= 0.3 is 5.97 Å². The van der Waals surface area contributed by atoms with E-state index in [0.717, 1.165) is 0 Å². The van der Waals surface area contributed by atoms with Crippen molar-refractivity contribution in [1.29, 1.82) is 5.26 Å². The molecule has 0 fully saturated rings. The molecule has 0 saturated carbocycles. The first-order valence-electron chi connectivity index (χ1n) is 5.87. The van der Waals surface area contributed by atoms with Crippen molar-refractivity contribution in [2.45, 2.75) is 13.0 Å². The highest BCUT2D eigenvalue weighted by Crippen LogP contribution is 2.32. The molecule has 1 aliphatic heterocycles. The van der Waals surface area contributed by atoms with Crippen LogP contribution in [0.3, 0.4) is 0 Å². The Labute approximate surface area is 115 Å². The molecule has 7 heteroatoms. The molecule has 7 nitrogen and oxygen atoms in total. The number of nitrogens with zero attached hydrogens (tertiary/aromatic N) is 1. The third kappa shape index (κ3) is 3.17. The summed E-state index contributed by atoms with van der Waals surface area (Å²) < 4.78 is 15.0. The van der Waals surface area contributed by atoms with Gasteiger partial charge in [-0.3, -0.25) is 9.59 Å². The maximum atomic E-state index is 11.8. The number of fused-ring (bicyclic) bond motifs is 1. The van der Waals surface area contributed by atoms with Crippen LogP contribution in [0.5, 0.6) is 11.5 Å². The summed E-state index contributed by atoms with van der Waals surface area (Å²) in [5.41, 5.74) is 0.343. The number of amides is 1. The summed E-state index contributed by atoms with van der Waals surface area (Å²) in [5.74, 6) is -0.0554. The van der Waals surface area contributed by atoms with E-state index in [4.69, 9.17) is 19.5 Å². The van der Waals surface area contributed by atoms with Gasteiger partial charge in [0, 0.05) is 5.56 Å². The van der Waals surface area contributed by atoms with Crippen molar-refractivity contribution in [2.24, 2.45) is 0 Å². The Balaban J connectivity index is 1.89. The maximum Gasteiger partial charge on any atom is 0.326 e. The molecule has 0 bridgehead atoms. The van der Waals surface area contributed by atoms with E-state index in [-0.39, 0.29) is 13.3 Å². The number of nitriles is 1.